The molecule has 1 atom stereocenters. The molecule has 1 spiro atoms. The molecule has 30 heavy (non-hydrogen) atoms. The molecule has 2 aromatic carbocycles. The van der Waals surface area contributed by atoms with Crippen molar-refractivity contribution in [3.63, 3.8) is 0 Å². The number of carbonyl (C=O) groups excluding carboxylic acids is 1. The maximum absolute atomic E-state index is 13.2. The van der Waals surface area contributed by atoms with E-state index in [-0.39, 0.29) is 16.9 Å². The number of nitrogens with zero attached hydrogens (tertiary/aromatic N) is 1. The van der Waals surface area contributed by atoms with Gasteiger partial charge in [-0.1, -0.05) is 18.2 Å². The van der Waals surface area contributed by atoms with Gasteiger partial charge in [-0.05, 0) is 79.7 Å². The average molecular weight is 437 g/mol. The average Bonchev–Trinajstić information content (AvgIpc) is 3.04. The predicted molar refractivity (Wildman–Crippen MR) is 108 cm³/mol. The summed E-state index contributed by atoms with van der Waals surface area (Å²) in [5, 5.41) is 0.0404. The van der Waals surface area contributed by atoms with Gasteiger partial charge in [0.2, 0.25) is 5.91 Å². The van der Waals surface area contributed by atoms with Gasteiger partial charge in [0.15, 0.2) is 4.90 Å². The molecule has 1 unspecified atom stereocenters. The fourth-order valence-corrected chi connectivity index (χ4v) is 5.94. The summed E-state index contributed by atoms with van der Waals surface area (Å²) >= 11 is -1.08. The van der Waals surface area contributed by atoms with Crippen LogP contribution in [-0.2, 0) is 16.0 Å². The van der Waals surface area contributed by atoms with Crippen molar-refractivity contribution >= 4 is 22.8 Å². The molecule has 0 aromatic heterocycles. The largest absolute Gasteiger partial charge is 0.611 e. The van der Waals surface area contributed by atoms with Crippen LogP contribution in [0.15, 0.2) is 59.5 Å². The van der Waals surface area contributed by atoms with E-state index < -0.39 is 23.0 Å². The van der Waals surface area contributed by atoms with Crippen LogP contribution >= 0.6 is 0 Å². The van der Waals surface area contributed by atoms with Crippen LogP contribution in [0.5, 0.6) is 5.75 Å². The first-order chi connectivity index (χ1) is 14.3. The van der Waals surface area contributed by atoms with E-state index in [1.165, 1.54) is 24.3 Å². The van der Waals surface area contributed by atoms with E-state index in [1.807, 2.05) is 30.3 Å². The number of ether oxygens (including phenoxy) is 1. The Morgan fingerprint density at radius 3 is 2.23 bits per heavy atom. The molecule has 4 rings (SSSR count). The topological polar surface area (TPSA) is 52.6 Å². The second kappa shape index (κ2) is 8.15. The Bertz CT molecular complexity index is 881. The molecule has 0 N–H and O–H groups in total. The lowest BCUT2D eigenvalue weighted by atomic mass is 9.73. The maximum atomic E-state index is 13.2. The highest BCUT2D eigenvalue weighted by molar-refractivity contribution is 7.92. The molecule has 0 radical (unpaired) electrons. The standard InChI is InChI=1S/C22H22F3NO3S/c23-22(24,25)29-17-8-6-16(7-9-17)26-15-14-21(20(26)27)12-10-19(11-13-21)30(28)18-4-2-1-3-5-18/h1-9,19H,10-15H2. The van der Waals surface area contributed by atoms with Crippen molar-refractivity contribution in [2.45, 2.75) is 48.6 Å². The van der Waals surface area contributed by atoms with Crippen LogP contribution in [0.4, 0.5) is 18.9 Å². The molecule has 1 heterocycles. The molecule has 1 saturated heterocycles. The first-order valence-electron chi connectivity index (χ1n) is 9.91. The molecular weight excluding hydrogens is 415 g/mol. The van der Waals surface area contributed by atoms with Gasteiger partial charge in [0, 0.05) is 12.2 Å². The SMILES string of the molecule is O=C1N(c2ccc(OC(F)(F)F)cc2)CCC12CCC([S+]([O-])c1ccccc1)CC2. The quantitative estimate of drug-likeness (QED) is 0.629. The van der Waals surface area contributed by atoms with Crippen molar-refractivity contribution in [3.05, 3.63) is 54.6 Å². The number of anilines is 1. The number of amides is 1. The molecule has 2 aromatic rings. The second-order valence-electron chi connectivity index (χ2n) is 7.84. The van der Waals surface area contributed by atoms with Crippen molar-refractivity contribution in [2.24, 2.45) is 5.41 Å². The zero-order valence-electron chi connectivity index (χ0n) is 16.2. The van der Waals surface area contributed by atoms with E-state index in [2.05, 4.69) is 4.74 Å². The van der Waals surface area contributed by atoms with Crippen LogP contribution in [0.3, 0.4) is 0 Å². The second-order valence-corrected chi connectivity index (χ2v) is 9.57. The predicted octanol–water partition coefficient (Wildman–Crippen LogP) is 5.06. The van der Waals surface area contributed by atoms with Gasteiger partial charge in [-0.3, -0.25) is 4.79 Å². The summed E-state index contributed by atoms with van der Waals surface area (Å²) in [6.45, 7) is 0.532. The number of carbonyl (C=O) groups is 1. The van der Waals surface area contributed by atoms with Crippen LogP contribution < -0.4 is 9.64 Å². The van der Waals surface area contributed by atoms with Crippen molar-refractivity contribution in [1.82, 2.24) is 0 Å². The minimum absolute atomic E-state index is 0.0101. The van der Waals surface area contributed by atoms with Crippen LogP contribution in [0.2, 0.25) is 0 Å². The highest BCUT2D eigenvalue weighted by Crippen LogP contribution is 2.47. The summed E-state index contributed by atoms with van der Waals surface area (Å²) in [5.74, 6) is -0.299. The molecule has 2 fully saturated rings. The van der Waals surface area contributed by atoms with E-state index >= 15 is 0 Å². The van der Waals surface area contributed by atoms with E-state index in [4.69, 9.17) is 0 Å². The Kier molecular flexibility index (Phi) is 5.72. The highest BCUT2D eigenvalue weighted by Gasteiger charge is 2.50. The fourth-order valence-electron chi connectivity index (χ4n) is 4.46. The van der Waals surface area contributed by atoms with E-state index in [9.17, 15) is 22.5 Å². The van der Waals surface area contributed by atoms with Gasteiger partial charge >= 0.3 is 6.36 Å². The van der Waals surface area contributed by atoms with E-state index in [0.29, 0.717) is 31.5 Å². The Morgan fingerprint density at radius 1 is 1.00 bits per heavy atom. The van der Waals surface area contributed by atoms with Crippen LogP contribution in [0.1, 0.15) is 32.1 Å². The van der Waals surface area contributed by atoms with Crippen LogP contribution in [-0.4, -0.2) is 28.6 Å². The molecule has 1 aliphatic carbocycles. The normalized spacial score (nSPS) is 25.5. The Hall–Kier alpha value is -2.19. The number of alkyl halides is 3. The van der Waals surface area contributed by atoms with Crippen LogP contribution in [0, 0.1) is 5.41 Å². The third-order valence-corrected chi connectivity index (χ3v) is 7.88. The lowest BCUT2D eigenvalue weighted by Gasteiger charge is -2.35. The summed E-state index contributed by atoms with van der Waals surface area (Å²) in [6.07, 6.45) is -1.23. The first-order valence-corrected chi connectivity index (χ1v) is 11.1. The number of benzene rings is 2. The molecule has 1 amide bonds. The molecule has 0 bridgehead atoms. The third-order valence-electron chi connectivity index (χ3n) is 6.06. The number of rotatable bonds is 4. The number of hydrogen-bond donors (Lipinski definition) is 0. The molecular formula is C22H22F3NO3S. The van der Waals surface area contributed by atoms with E-state index in [0.717, 1.165) is 17.7 Å². The van der Waals surface area contributed by atoms with Gasteiger partial charge in [-0.25, -0.2) is 0 Å². The lowest BCUT2D eigenvalue weighted by Crippen LogP contribution is -2.40. The molecule has 4 nitrogen and oxygen atoms in total. The zero-order valence-corrected chi connectivity index (χ0v) is 17.0. The smallest absolute Gasteiger partial charge is 0.573 e. The van der Waals surface area contributed by atoms with Gasteiger partial charge < -0.3 is 14.2 Å². The number of halogens is 3. The minimum atomic E-state index is -4.74. The highest BCUT2D eigenvalue weighted by atomic mass is 32.2. The van der Waals surface area contributed by atoms with Gasteiger partial charge in [-0.15, -0.1) is 13.2 Å². The third kappa shape index (κ3) is 4.30. The van der Waals surface area contributed by atoms with Crippen LogP contribution in [0.25, 0.3) is 0 Å². The molecule has 2 aliphatic rings. The molecule has 8 heteroatoms. The minimum Gasteiger partial charge on any atom is -0.611 e. The van der Waals surface area contributed by atoms with E-state index in [1.54, 1.807) is 4.90 Å². The lowest BCUT2D eigenvalue weighted by molar-refractivity contribution is -0.274. The summed E-state index contributed by atoms with van der Waals surface area (Å²) < 4.78 is 53.7. The maximum Gasteiger partial charge on any atom is 0.573 e. The molecule has 1 aliphatic heterocycles. The monoisotopic (exact) mass is 437 g/mol. The van der Waals surface area contributed by atoms with Gasteiger partial charge in [0.25, 0.3) is 0 Å². The molecule has 160 valence electrons. The molecule has 1 saturated carbocycles. The summed E-state index contributed by atoms with van der Waals surface area (Å²) in [6, 6.07) is 14.8. The number of hydrogen-bond acceptors (Lipinski definition) is 3. The first kappa shape index (κ1) is 21.1. The van der Waals surface area contributed by atoms with Crippen molar-refractivity contribution < 1.29 is 27.3 Å². The summed E-state index contributed by atoms with van der Waals surface area (Å²) in [4.78, 5) is 15.6. The van der Waals surface area contributed by atoms with Gasteiger partial charge in [0.1, 0.15) is 11.0 Å². The fraction of sp³-hybridized carbons (Fsp3) is 0.409. The van der Waals surface area contributed by atoms with Crippen molar-refractivity contribution in [1.29, 1.82) is 0 Å². The van der Waals surface area contributed by atoms with Gasteiger partial charge in [0.05, 0.1) is 5.41 Å². The zero-order chi connectivity index (χ0) is 21.4. The Morgan fingerprint density at radius 2 is 1.63 bits per heavy atom. The van der Waals surface area contributed by atoms with Gasteiger partial charge in [-0.2, -0.15) is 0 Å². The Balaban J connectivity index is 1.40. The summed E-state index contributed by atoms with van der Waals surface area (Å²) in [7, 11) is 0. The van der Waals surface area contributed by atoms with Crippen molar-refractivity contribution in [2.75, 3.05) is 11.4 Å². The Labute approximate surface area is 176 Å². The summed E-state index contributed by atoms with van der Waals surface area (Å²) in [5.41, 5.74) is 0.111. The van der Waals surface area contributed by atoms with Crippen molar-refractivity contribution in [3.8, 4) is 5.75 Å².